The number of benzene rings is 1. The minimum Gasteiger partial charge on any atom is -0.374 e. The number of allylic oxidation sites excluding steroid dienone is 2. The van der Waals surface area contributed by atoms with E-state index in [1.54, 1.807) is 0 Å². The third kappa shape index (κ3) is 4.76. The van der Waals surface area contributed by atoms with Crippen LogP contribution in [0.5, 0.6) is 0 Å². The van der Waals surface area contributed by atoms with Gasteiger partial charge >= 0.3 is 0 Å². The van der Waals surface area contributed by atoms with Gasteiger partial charge in [0.25, 0.3) is 0 Å². The van der Waals surface area contributed by atoms with E-state index in [4.69, 9.17) is 4.74 Å². The van der Waals surface area contributed by atoms with Crippen molar-refractivity contribution in [2.75, 3.05) is 0 Å². The van der Waals surface area contributed by atoms with E-state index in [1.165, 1.54) is 80.9 Å². The van der Waals surface area contributed by atoms with E-state index in [0.29, 0.717) is 29.0 Å². The van der Waals surface area contributed by atoms with Gasteiger partial charge in [0.15, 0.2) is 0 Å². The molecule has 0 heterocycles. The van der Waals surface area contributed by atoms with Crippen molar-refractivity contribution in [3.63, 3.8) is 0 Å². The van der Waals surface area contributed by atoms with Crippen molar-refractivity contribution in [2.24, 2.45) is 52.3 Å². The van der Waals surface area contributed by atoms with Gasteiger partial charge in [-0.15, -0.1) is 0 Å². The molecule has 0 saturated heterocycles. The molecule has 3 unspecified atom stereocenters. The number of rotatable bonds is 7. The predicted octanol–water partition coefficient (Wildman–Crippen LogP) is 9.74. The van der Waals surface area contributed by atoms with Crippen molar-refractivity contribution < 1.29 is 4.74 Å². The number of hydrogen-bond donors (Lipinski definition) is 0. The van der Waals surface area contributed by atoms with Crippen LogP contribution < -0.4 is 0 Å². The molecular weight excluding hydrogens is 460 g/mol. The number of hydrogen-bond acceptors (Lipinski definition) is 1. The fourth-order valence-electron chi connectivity index (χ4n) is 10.8. The second kappa shape index (κ2) is 10.4. The lowest BCUT2D eigenvalue weighted by molar-refractivity contribution is -0.105. The van der Waals surface area contributed by atoms with Crippen molar-refractivity contribution in [3.05, 3.63) is 47.0 Å². The molecule has 0 aromatic heterocycles. The van der Waals surface area contributed by atoms with Crippen LogP contribution in [0.2, 0.25) is 0 Å². The summed E-state index contributed by atoms with van der Waals surface area (Å²) in [5, 5.41) is 0. The Bertz CT molecular complexity index is 1020. The van der Waals surface area contributed by atoms with E-state index in [1.807, 2.05) is 0 Å². The van der Waals surface area contributed by atoms with Crippen LogP contribution >= 0.6 is 0 Å². The summed E-state index contributed by atoms with van der Waals surface area (Å²) >= 11 is 0. The summed E-state index contributed by atoms with van der Waals surface area (Å²) in [5.74, 6) is 6.05. The van der Waals surface area contributed by atoms with Gasteiger partial charge in [-0.2, -0.15) is 0 Å². The minimum atomic E-state index is 0.398. The molecule has 5 aliphatic carbocycles. The number of aryl methyl sites for hydroxylation is 1. The first-order chi connectivity index (χ1) is 18.2. The molecule has 3 fully saturated rings. The van der Waals surface area contributed by atoms with Gasteiger partial charge in [0, 0.05) is 0 Å². The molecule has 5 aliphatic rings. The molecule has 0 amide bonds. The van der Waals surface area contributed by atoms with Crippen molar-refractivity contribution in [2.45, 2.75) is 131 Å². The van der Waals surface area contributed by atoms with Crippen molar-refractivity contribution in [1.82, 2.24) is 0 Å². The molecule has 0 bridgehead atoms. The first kappa shape index (κ1) is 27.1. The van der Waals surface area contributed by atoms with Crippen LogP contribution in [0.1, 0.15) is 116 Å². The summed E-state index contributed by atoms with van der Waals surface area (Å²) in [5.41, 5.74) is 5.50. The van der Waals surface area contributed by atoms with E-state index in [9.17, 15) is 0 Å². The van der Waals surface area contributed by atoms with Crippen molar-refractivity contribution in [3.8, 4) is 0 Å². The van der Waals surface area contributed by atoms with Gasteiger partial charge in [-0.25, -0.2) is 0 Å². The third-order valence-electron chi connectivity index (χ3n) is 13.0. The maximum Gasteiger partial charge on any atom is 0.0659 e. The first-order valence-electron chi connectivity index (χ1n) is 16.6. The fourth-order valence-corrected chi connectivity index (χ4v) is 10.8. The Morgan fingerprint density at radius 2 is 1.61 bits per heavy atom. The van der Waals surface area contributed by atoms with Crippen LogP contribution in [-0.4, -0.2) is 12.2 Å². The van der Waals surface area contributed by atoms with Gasteiger partial charge in [-0.3, -0.25) is 0 Å². The SMILES string of the molecule is Cc1ccc2c(c1)CC(O[C@@H]1CC[C@]3(C)C(C=C[C@@H]4[C@H]5CC[C@@H](C(C)CCCC(C)C)[C@]5(C)CC[C@H]43)C1)C2. The molecule has 1 nitrogen and oxygen atoms in total. The van der Waals surface area contributed by atoms with Crippen molar-refractivity contribution in [1.29, 1.82) is 0 Å². The van der Waals surface area contributed by atoms with Gasteiger partial charge < -0.3 is 4.74 Å². The molecule has 1 heteroatoms. The molecule has 38 heavy (non-hydrogen) atoms. The van der Waals surface area contributed by atoms with Crippen LogP contribution in [0.25, 0.3) is 0 Å². The van der Waals surface area contributed by atoms with Crippen LogP contribution in [0, 0.1) is 59.2 Å². The monoisotopic (exact) mass is 516 g/mol. The zero-order valence-electron chi connectivity index (χ0n) is 25.5. The third-order valence-corrected chi connectivity index (χ3v) is 13.0. The largest absolute Gasteiger partial charge is 0.374 e. The van der Waals surface area contributed by atoms with Gasteiger partial charge in [0.05, 0.1) is 12.2 Å². The molecule has 0 spiro atoms. The highest BCUT2D eigenvalue weighted by Crippen LogP contribution is 2.67. The Hall–Kier alpha value is -1.08. The average Bonchev–Trinajstić information content (AvgIpc) is 3.43. The summed E-state index contributed by atoms with van der Waals surface area (Å²) in [6.07, 6.45) is 22.6. The zero-order valence-corrected chi connectivity index (χ0v) is 25.5. The molecule has 6 rings (SSSR count). The molecule has 10 atom stereocenters. The van der Waals surface area contributed by atoms with Gasteiger partial charge in [0.1, 0.15) is 0 Å². The molecule has 0 aliphatic heterocycles. The molecule has 1 aromatic carbocycles. The normalized spacial score (nSPS) is 42.4. The highest BCUT2D eigenvalue weighted by molar-refractivity contribution is 5.36. The smallest absolute Gasteiger partial charge is 0.0659 e. The van der Waals surface area contributed by atoms with E-state index in [2.05, 4.69) is 71.9 Å². The average molecular weight is 517 g/mol. The Morgan fingerprint density at radius 3 is 2.42 bits per heavy atom. The topological polar surface area (TPSA) is 9.23 Å². The maximum atomic E-state index is 6.84. The number of fused-ring (bicyclic) bond motifs is 6. The molecule has 3 saturated carbocycles. The molecule has 1 aromatic rings. The van der Waals surface area contributed by atoms with Gasteiger partial charge in [-0.05, 0) is 128 Å². The van der Waals surface area contributed by atoms with Gasteiger partial charge in [0.2, 0.25) is 0 Å². The first-order valence-corrected chi connectivity index (χ1v) is 16.6. The standard InChI is InChI=1S/C37H56O/c1-24(2)8-7-9-26(4)33-14-15-34-32-13-12-29-23-30(16-18-36(29,5)35(32)17-19-37(33,34)6)38-31-21-27-11-10-25(3)20-28(27)22-31/h10-13,20,24,26,29-35H,7-9,14-19,21-23H2,1-6H3/t26?,29?,30-,31?,32-,33+,34-,35-,36-,37+/m1/s1. The second-order valence-corrected chi connectivity index (χ2v) is 15.7. The second-order valence-electron chi connectivity index (χ2n) is 15.7. The lowest BCUT2D eigenvalue weighted by Crippen LogP contribution is -2.52. The summed E-state index contributed by atoms with van der Waals surface area (Å²) < 4.78 is 6.84. The minimum absolute atomic E-state index is 0.398. The fraction of sp³-hybridized carbons (Fsp3) is 0.784. The quantitative estimate of drug-likeness (QED) is 0.328. The zero-order chi connectivity index (χ0) is 26.7. The summed E-state index contributed by atoms with van der Waals surface area (Å²) in [7, 11) is 0. The van der Waals surface area contributed by atoms with E-state index >= 15 is 0 Å². The Labute approximate surface area is 234 Å². The molecule has 210 valence electrons. The Balaban J connectivity index is 1.10. The maximum absolute atomic E-state index is 6.84. The number of ether oxygens (including phenoxy) is 1. The van der Waals surface area contributed by atoms with Crippen molar-refractivity contribution >= 4 is 0 Å². The van der Waals surface area contributed by atoms with Crippen LogP contribution in [0.4, 0.5) is 0 Å². The summed E-state index contributed by atoms with van der Waals surface area (Å²) in [6.45, 7) is 15.0. The highest BCUT2D eigenvalue weighted by atomic mass is 16.5. The summed E-state index contributed by atoms with van der Waals surface area (Å²) in [6, 6.07) is 7.00. The lowest BCUT2D eigenvalue weighted by Gasteiger charge is -2.59. The molecule has 0 radical (unpaired) electrons. The Morgan fingerprint density at radius 1 is 0.842 bits per heavy atom. The van der Waals surface area contributed by atoms with Crippen LogP contribution in [-0.2, 0) is 17.6 Å². The Kier molecular flexibility index (Phi) is 7.41. The van der Waals surface area contributed by atoms with E-state index in [0.717, 1.165) is 48.3 Å². The highest BCUT2D eigenvalue weighted by Gasteiger charge is 2.59. The molecule has 0 N–H and O–H groups in total. The lowest BCUT2D eigenvalue weighted by atomic mass is 9.46. The van der Waals surface area contributed by atoms with E-state index in [-0.39, 0.29) is 0 Å². The summed E-state index contributed by atoms with van der Waals surface area (Å²) in [4.78, 5) is 0. The predicted molar refractivity (Wildman–Crippen MR) is 160 cm³/mol. The van der Waals surface area contributed by atoms with E-state index < -0.39 is 0 Å². The van der Waals surface area contributed by atoms with Gasteiger partial charge in [-0.1, -0.05) is 89.8 Å². The molecular formula is C37H56O. The van der Waals surface area contributed by atoms with Crippen LogP contribution in [0.3, 0.4) is 0 Å². The van der Waals surface area contributed by atoms with Crippen LogP contribution in [0.15, 0.2) is 30.4 Å².